The number of ether oxygens (including phenoxy) is 4. The predicted molar refractivity (Wildman–Crippen MR) is 116 cm³/mol. The number of esters is 1. The minimum absolute atomic E-state index is 0.131. The van der Waals surface area contributed by atoms with Gasteiger partial charge >= 0.3 is 5.97 Å². The number of rotatable bonds is 8. The van der Waals surface area contributed by atoms with Crippen LogP contribution < -0.4 is 19.5 Å². The lowest BCUT2D eigenvalue weighted by molar-refractivity contribution is -0.115. The van der Waals surface area contributed by atoms with Crippen molar-refractivity contribution in [1.82, 2.24) is 0 Å². The van der Waals surface area contributed by atoms with Crippen LogP contribution in [0.25, 0.3) is 10.1 Å². The van der Waals surface area contributed by atoms with Gasteiger partial charge in [-0.2, -0.15) is 0 Å². The molecule has 2 aromatic carbocycles. The molecule has 0 radical (unpaired) electrons. The van der Waals surface area contributed by atoms with Gasteiger partial charge in [-0.05, 0) is 54.3 Å². The van der Waals surface area contributed by atoms with E-state index in [2.05, 4.69) is 5.32 Å². The average molecular weight is 429 g/mol. The van der Waals surface area contributed by atoms with Gasteiger partial charge < -0.3 is 24.3 Å². The minimum atomic E-state index is -0.341. The highest BCUT2D eigenvalue weighted by molar-refractivity contribution is 7.20. The van der Waals surface area contributed by atoms with Gasteiger partial charge in [0.1, 0.15) is 4.88 Å². The third-order valence-corrected chi connectivity index (χ3v) is 5.46. The number of hydrogen-bond acceptors (Lipinski definition) is 7. The van der Waals surface area contributed by atoms with E-state index in [9.17, 15) is 9.59 Å². The first-order valence-corrected chi connectivity index (χ1v) is 10.1. The molecule has 0 saturated heterocycles. The maximum absolute atomic E-state index is 12.6. The van der Waals surface area contributed by atoms with Gasteiger partial charge in [-0.3, -0.25) is 4.79 Å². The minimum Gasteiger partial charge on any atom is -0.493 e. The number of benzene rings is 2. The molecule has 0 fully saturated rings. The summed E-state index contributed by atoms with van der Waals surface area (Å²) in [4.78, 5) is 25.0. The van der Waals surface area contributed by atoms with Crippen molar-refractivity contribution in [3.05, 3.63) is 46.8 Å². The van der Waals surface area contributed by atoms with Crippen molar-refractivity contribution in [2.75, 3.05) is 33.3 Å². The van der Waals surface area contributed by atoms with Crippen molar-refractivity contribution < 1.29 is 28.5 Å². The first-order valence-electron chi connectivity index (χ1n) is 9.28. The van der Waals surface area contributed by atoms with Gasteiger partial charge in [0.25, 0.3) is 0 Å². The molecule has 158 valence electrons. The van der Waals surface area contributed by atoms with Crippen molar-refractivity contribution in [2.24, 2.45) is 0 Å². The molecule has 30 heavy (non-hydrogen) atoms. The Bertz CT molecular complexity index is 1050. The molecule has 0 saturated carbocycles. The molecular formula is C22H23NO6S. The second kappa shape index (κ2) is 9.49. The number of carbonyl (C=O) groups is 2. The molecule has 1 aromatic heterocycles. The summed E-state index contributed by atoms with van der Waals surface area (Å²) in [5, 5.41) is 3.76. The van der Waals surface area contributed by atoms with Crippen LogP contribution in [0.2, 0.25) is 0 Å². The lowest BCUT2D eigenvalue weighted by Crippen LogP contribution is -2.14. The summed E-state index contributed by atoms with van der Waals surface area (Å²) in [6.07, 6.45) is 0.131. The normalized spacial score (nSPS) is 10.5. The Morgan fingerprint density at radius 2 is 1.67 bits per heavy atom. The van der Waals surface area contributed by atoms with Crippen molar-refractivity contribution in [2.45, 2.75) is 13.3 Å². The van der Waals surface area contributed by atoms with Crippen LogP contribution in [-0.4, -0.2) is 39.8 Å². The fourth-order valence-electron chi connectivity index (χ4n) is 3.05. The molecule has 3 rings (SSSR count). The summed E-state index contributed by atoms with van der Waals surface area (Å²) in [5.41, 5.74) is 1.37. The van der Waals surface area contributed by atoms with Gasteiger partial charge in [0.05, 0.1) is 34.4 Å². The van der Waals surface area contributed by atoms with Crippen LogP contribution in [0.3, 0.4) is 0 Å². The van der Waals surface area contributed by atoms with Crippen LogP contribution >= 0.6 is 11.3 Å². The number of amides is 1. The van der Waals surface area contributed by atoms with E-state index in [0.717, 1.165) is 15.6 Å². The molecular weight excluding hydrogens is 406 g/mol. The van der Waals surface area contributed by atoms with E-state index in [-0.39, 0.29) is 18.3 Å². The highest BCUT2D eigenvalue weighted by atomic mass is 32.1. The van der Waals surface area contributed by atoms with Crippen molar-refractivity contribution in [1.29, 1.82) is 0 Å². The van der Waals surface area contributed by atoms with E-state index in [1.807, 2.05) is 12.1 Å². The second-order valence-electron chi connectivity index (χ2n) is 6.34. The first-order chi connectivity index (χ1) is 14.5. The lowest BCUT2D eigenvalue weighted by Gasteiger charge is -2.14. The number of nitrogens with one attached hydrogen (secondary N) is 1. The Morgan fingerprint density at radius 1 is 0.967 bits per heavy atom. The van der Waals surface area contributed by atoms with E-state index in [4.69, 9.17) is 18.9 Å². The van der Waals surface area contributed by atoms with E-state index < -0.39 is 0 Å². The van der Waals surface area contributed by atoms with E-state index >= 15 is 0 Å². The van der Waals surface area contributed by atoms with E-state index in [1.54, 1.807) is 31.2 Å². The Kier molecular flexibility index (Phi) is 6.79. The number of anilines is 1. The third kappa shape index (κ3) is 4.65. The summed E-state index contributed by atoms with van der Waals surface area (Å²) in [7, 11) is 4.59. The second-order valence-corrected chi connectivity index (χ2v) is 7.43. The van der Waals surface area contributed by atoms with E-state index in [0.29, 0.717) is 34.4 Å². The number of methoxy groups -OCH3 is 3. The average Bonchev–Trinajstić information content (AvgIpc) is 3.16. The molecule has 0 atom stereocenters. The number of hydrogen-bond donors (Lipinski definition) is 1. The van der Waals surface area contributed by atoms with Gasteiger partial charge in [-0.15, -0.1) is 11.3 Å². The number of carbonyl (C=O) groups excluding carboxylic acids is 2. The summed E-state index contributed by atoms with van der Waals surface area (Å²) >= 11 is 1.36. The molecule has 8 heteroatoms. The number of fused-ring (bicyclic) bond motifs is 1. The van der Waals surface area contributed by atoms with Gasteiger partial charge in [0.2, 0.25) is 11.7 Å². The van der Waals surface area contributed by atoms with Crippen molar-refractivity contribution >= 4 is 39.0 Å². The predicted octanol–water partition coefficient (Wildman–Crippen LogP) is 4.29. The van der Waals surface area contributed by atoms with Crippen LogP contribution in [-0.2, 0) is 16.0 Å². The smallest absolute Gasteiger partial charge is 0.348 e. The maximum Gasteiger partial charge on any atom is 0.348 e. The van der Waals surface area contributed by atoms with Gasteiger partial charge in [-0.25, -0.2) is 4.79 Å². The summed E-state index contributed by atoms with van der Waals surface area (Å²) in [6, 6.07) is 10.8. The zero-order valence-corrected chi connectivity index (χ0v) is 18.1. The quantitative estimate of drug-likeness (QED) is 0.538. The SMILES string of the molecule is CCOC(=O)c1cc2cc(NC(=O)Cc3cc(OC)c(OC)c(OC)c3)ccc2s1. The standard InChI is InChI=1S/C22H23NO6S/c1-5-29-22(25)19-12-14-11-15(6-7-18(14)30-19)23-20(24)10-13-8-16(26-2)21(28-4)17(9-13)27-3/h6-9,11-12H,5,10H2,1-4H3,(H,23,24). The zero-order chi connectivity index (χ0) is 21.7. The summed E-state index contributed by atoms with van der Waals surface area (Å²) in [5.74, 6) is 0.928. The molecule has 1 amide bonds. The van der Waals surface area contributed by atoms with Gasteiger partial charge in [0.15, 0.2) is 11.5 Å². The molecule has 3 aromatic rings. The summed E-state index contributed by atoms with van der Waals surface area (Å²) in [6.45, 7) is 2.10. The molecule has 0 bridgehead atoms. The molecule has 7 nitrogen and oxygen atoms in total. The van der Waals surface area contributed by atoms with Crippen LogP contribution in [0.4, 0.5) is 5.69 Å². The van der Waals surface area contributed by atoms with Crippen LogP contribution in [0.15, 0.2) is 36.4 Å². The lowest BCUT2D eigenvalue weighted by atomic mass is 10.1. The van der Waals surface area contributed by atoms with Crippen LogP contribution in [0.5, 0.6) is 17.2 Å². The Balaban J connectivity index is 1.76. The third-order valence-electron chi connectivity index (χ3n) is 4.37. The molecule has 0 aliphatic heterocycles. The Morgan fingerprint density at radius 3 is 2.27 bits per heavy atom. The Labute approximate surface area is 178 Å². The molecule has 0 aliphatic carbocycles. The number of thiophene rings is 1. The largest absolute Gasteiger partial charge is 0.493 e. The van der Waals surface area contributed by atoms with Crippen LogP contribution in [0, 0.1) is 0 Å². The molecule has 1 heterocycles. The van der Waals surface area contributed by atoms with Crippen molar-refractivity contribution in [3.63, 3.8) is 0 Å². The van der Waals surface area contributed by atoms with Gasteiger partial charge in [-0.1, -0.05) is 0 Å². The highest BCUT2D eigenvalue weighted by Crippen LogP contribution is 2.38. The fourth-order valence-corrected chi connectivity index (χ4v) is 3.99. The fraction of sp³-hybridized carbons (Fsp3) is 0.273. The zero-order valence-electron chi connectivity index (χ0n) is 17.2. The molecule has 0 spiro atoms. The van der Waals surface area contributed by atoms with Gasteiger partial charge in [0, 0.05) is 10.4 Å². The van der Waals surface area contributed by atoms with Crippen LogP contribution in [0.1, 0.15) is 22.2 Å². The monoisotopic (exact) mass is 429 g/mol. The molecule has 0 aliphatic rings. The maximum atomic E-state index is 12.6. The molecule has 0 unspecified atom stereocenters. The topological polar surface area (TPSA) is 83.1 Å². The van der Waals surface area contributed by atoms with Crippen molar-refractivity contribution in [3.8, 4) is 17.2 Å². The molecule has 1 N–H and O–H groups in total. The highest BCUT2D eigenvalue weighted by Gasteiger charge is 2.16. The Hall–Kier alpha value is -3.26. The summed E-state index contributed by atoms with van der Waals surface area (Å²) < 4.78 is 22.0. The first kappa shape index (κ1) is 21.4. The van der Waals surface area contributed by atoms with E-state index in [1.165, 1.54) is 32.7 Å².